The van der Waals surface area contributed by atoms with E-state index in [2.05, 4.69) is 34.6 Å². The van der Waals surface area contributed by atoms with E-state index in [-0.39, 0.29) is 31.1 Å². The zero-order chi connectivity index (χ0) is 44.7. The van der Waals surface area contributed by atoms with E-state index in [1.807, 2.05) is 0 Å². The molecular weight excluding hydrogens is 757 g/mol. The molecule has 1 unspecified atom stereocenters. The SMILES string of the molecule is CCCCCCCCCCCCCCC(=O)O[C@@H](COC(=O)CCCCCCCCCCCCCCCCCCC(C)C)COC(=O)CCCCCCCCCCC(C)CC. The Morgan fingerprint density at radius 1 is 0.344 bits per heavy atom. The minimum atomic E-state index is -0.762. The number of unbranched alkanes of at least 4 members (excludes halogenated alkanes) is 33. The van der Waals surface area contributed by atoms with Gasteiger partial charge in [-0.1, -0.05) is 266 Å². The van der Waals surface area contributed by atoms with E-state index in [4.69, 9.17) is 14.2 Å². The van der Waals surface area contributed by atoms with Gasteiger partial charge in [-0.2, -0.15) is 0 Å². The van der Waals surface area contributed by atoms with Crippen molar-refractivity contribution in [1.82, 2.24) is 0 Å². The molecule has 0 rings (SSSR count). The lowest BCUT2D eigenvalue weighted by atomic mass is 9.99. The zero-order valence-corrected chi connectivity index (χ0v) is 41.8. The molecular formula is C55H106O6. The van der Waals surface area contributed by atoms with Crippen LogP contribution >= 0.6 is 0 Å². The molecule has 0 N–H and O–H groups in total. The summed E-state index contributed by atoms with van der Waals surface area (Å²) in [6.07, 6.45) is 49.4. The summed E-state index contributed by atoms with van der Waals surface area (Å²) in [4.78, 5) is 38.0. The van der Waals surface area contributed by atoms with Crippen LogP contribution < -0.4 is 0 Å². The van der Waals surface area contributed by atoms with Gasteiger partial charge in [0.1, 0.15) is 13.2 Å². The van der Waals surface area contributed by atoms with Crippen molar-refractivity contribution in [3.05, 3.63) is 0 Å². The van der Waals surface area contributed by atoms with Crippen molar-refractivity contribution >= 4 is 17.9 Å². The summed E-state index contributed by atoms with van der Waals surface area (Å²) in [6.45, 7) is 11.4. The number of ether oxygens (including phenoxy) is 3. The zero-order valence-electron chi connectivity index (χ0n) is 41.8. The lowest BCUT2D eigenvalue weighted by Crippen LogP contribution is -2.30. The Hall–Kier alpha value is -1.59. The van der Waals surface area contributed by atoms with Gasteiger partial charge in [0.2, 0.25) is 0 Å². The summed E-state index contributed by atoms with van der Waals surface area (Å²) in [5.41, 5.74) is 0. The van der Waals surface area contributed by atoms with Crippen LogP contribution in [0.25, 0.3) is 0 Å². The molecule has 0 aliphatic carbocycles. The Bertz CT molecular complexity index is 933. The molecule has 0 radical (unpaired) electrons. The van der Waals surface area contributed by atoms with Crippen LogP contribution in [0.15, 0.2) is 0 Å². The van der Waals surface area contributed by atoms with Crippen molar-refractivity contribution in [3.8, 4) is 0 Å². The molecule has 0 aromatic heterocycles. The van der Waals surface area contributed by atoms with Crippen molar-refractivity contribution in [2.45, 2.75) is 310 Å². The molecule has 0 aromatic carbocycles. The standard InChI is InChI=1S/C55H106O6/c1-6-8-9-10-11-12-13-21-25-32-37-42-47-55(58)61-52(49-60-54(57)46-41-36-31-27-26-29-34-39-44-51(5)7-2)48-59-53(56)45-40-35-30-24-22-19-17-15-14-16-18-20-23-28-33-38-43-50(3)4/h50-52H,6-49H2,1-5H3/t51?,52-/m0/s1. The second kappa shape index (κ2) is 47.9. The molecule has 2 atom stereocenters. The monoisotopic (exact) mass is 863 g/mol. The molecule has 0 saturated heterocycles. The van der Waals surface area contributed by atoms with E-state index in [9.17, 15) is 14.4 Å². The number of rotatable bonds is 49. The molecule has 0 aliphatic rings. The fraction of sp³-hybridized carbons (Fsp3) is 0.945. The van der Waals surface area contributed by atoms with E-state index in [1.165, 1.54) is 193 Å². The minimum absolute atomic E-state index is 0.0634. The number of hydrogen-bond donors (Lipinski definition) is 0. The molecule has 0 spiro atoms. The Morgan fingerprint density at radius 2 is 0.623 bits per heavy atom. The summed E-state index contributed by atoms with van der Waals surface area (Å²) in [5.74, 6) is 0.855. The average Bonchev–Trinajstić information content (AvgIpc) is 3.24. The van der Waals surface area contributed by atoms with Crippen LogP contribution in [0.5, 0.6) is 0 Å². The van der Waals surface area contributed by atoms with Crippen molar-refractivity contribution in [3.63, 3.8) is 0 Å². The van der Waals surface area contributed by atoms with Gasteiger partial charge in [-0.05, 0) is 31.1 Å². The average molecular weight is 863 g/mol. The number of carbonyl (C=O) groups is 3. The topological polar surface area (TPSA) is 78.9 Å². The first kappa shape index (κ1) is 59.4. The van der Waals surface area contributed by atoms with Crippen LogP contribution in [-0.2, 0) is 28.6 Å². The Morgan fingerprint density at radius 3 is 0.934 bits per heavy atom. The third-order valence-electron chi connectivity index (χ3n) is 12.8. The normalized spacial score (nSPS) is 12.5. The van der Waals surface area contributed by atoms with Crippen LogP contribution in [0.4, 0.5) is 0 Å². The molecule has 61 heavy (non-hydrogen) atoms. The summed E-state index contributed by atoms with van der Waals surface area (Å²) >= 11 is 0. The summed E-state index contributed by atoms with van der Waals surface area (Å²) < 4.78 is 16.8. The number of esters is 3. The smallest absolute Gasteiger partial charge is 0.306 e. The predicted octanol–water partition coefficient (Wildman–Crippen LogP) is 17.7. The van der Waals surface area contributed by atoms with Crippen molar-refractivity contribution in [2.75, 3.05) is 13.2 Å². The fourth-order valence-corrected chi connectivity index (χ4v) is 8.31. The van der Waals surface area contributed by atoms with E-state index >= 15 is 0 Å². The van der Waals surface area contributed by atoms with Gasteiger partial charge in [0.25, 0.3) is 0 Å². The van der Waals surface area contributed by atoms with E-state index in [0.29, 0.717) is 19.3 Å². The van der Waals surface area contributed by atoms with Gasteiger partial charge < -0.3 is 14.2 Å². The maximum Gasteiger partial charge on any atom is 0.306 e. The molecule has 0 aliphatic heterocycles. The van der Waals surface area contributed by atoms with Gasteiger partial charge in [-0.25, -0.2) is 0 Å². The maximum absolute atomic E-state index is 12.8. The molecule has 6 heteroatoms. The van der Waals surface area contributed by atoms with Crippen LogP contribution in [0.1, 0.15) is 304 Å². The molecule has 0 saturated carbocycles. The van der Waals surface area contributed by atoms with Crippen molar-refractivity contribution in [2.24, 2.45) is 11.8 Å². The molecule has 0 amide bonds. The number of carbonyl (C=O) groups excluding carboxylic acids is 3. The first-order valence-electron chi connectivity index (χ1n) is 27.3. The van der Waals surface area contributed by atoms with E-state index in [0.717, 1.165) is 69.6 Å². The van der Waals surface area contributed by atoms with Crippen LogP contribution in [0.2, 0.25) is 0 Å². The van der Waals surface area contributed by atoms with E-state index < -0.39 is 6.10 Å². The summed E-state index contributed by atoms with van der Waals surface area (Å²) in [6, 6.07) is 0. The summed E-state index contributed by atoms with van der Waals surface area (Å²) in [7, 11) is 0. The lowest BCUT2D eigenvalue weighted by Gasteiger charge is -2.18. The third-order valence-corrected chi connectivity index (χ3v) is 12.8. The largest absolute Gasteiger partial charge is 0.462 e. The molecule has 6 nitrogen and oxygen atoms in total. The van der Waals surface area contributed by atoms with Gasteiger partial charge in [-0.3, -0.25) is 14.4 Å². The lowest BCUT2D eigenvalue weighted by molar-refractivity contribution is -0.167. The van der Waals surface area contributed by atoms with Gasteiger partial charge >= 0.3 is 17.9 Å². The predicted molar refractivity (Wildman–Crippen MR) is 261 cm³/mol. The molecule has 0 heterocycles. The van der Waals surface area contributed by atoms with Gasteiger partial charge in [0.05, 0.1) is 0 Å². The molecule has 0 bridgehead atoms. The second-order valence-electron chi connectivity index (χ2n) is 19.6. The van der Waals surface area contributed by atoms with Crippen molar-refractivity contribution in [1.29, 1.82) is 0 Å². The van der Waals surface area contributed by atoms with Crippen LogP contribution in [-0.4, -0.2) is 37.2 Å². The highest BCUT2D eigenvalue weighted by Crippen LogP contribution is 2.18. The number of hydrogen-bond acceptors (Lipinski definition) is 6. The highest BCUT2D eigenvalue weighted by atomic mass is 16.6. The molecule has 0 fully saturated rings. The van der Waals surface area contributed by atoms with E-state index in [1.54, 1.807) is 0 Å². The summed E-state index contributed by atoms with van der Waals surface area (Å²) in [5, 5.41) is 0. The fourth-order valence-electron chi connectivity index (χ4n) is 8.31. The van der Waals surface area contributed by atoms with Crippen molar-refractivity contribution < 1.29 is 28.6 Å². The molecule has 362 valence electrons. The first-order valence-corrected chi connectivity index (χ1v) is 27.3. The first-order chi connectivity index (χ1) is 29.8. The van der Waals surface area contributed by atoms with Gasteiger partial charge in [0.15, 0.2) is 6.10 Å². The van der Waals surface area contributed by atoms with Gasteiger partial charge in [-0.15, -0.1) is 0 Å². The second-order valence-corrected chi connectivity index (χ2v) is 19.6. The Labute approximate surface area is 380 Å². The van der Waals surface area contributed by atoms with Crippen LogP contribution in [0.3, 0.4) is 0 Å². The quantitative estimate of drug-likeness (QED) is 0.0344. The highest BCUT2D eigenvalue weighted by molar-refractivity contribution is 5.71. The molecule has 0 aromatic rings. The third kappa shape index (κ3) is 47.7. The van der Waals surface area contributed by atoms with Gasteiger partial charge in [0, 0.05) is 19.3 Å². The Kier molecular flexibility index (Phi) is 46.6. The minimum Gasteiger partial charge on any atom is -0.462 e. The highest BCUT2D eigenvalue weighted by Gasteiger charge is 2.19. The van der Waals surface area contributed by atoms with Crippen LogP contribution in [0, 0.1) is 11.8 Å². The Balaban J connectivity index is 4.26. The maximum atomic E-state index is 12.8.